The first-order valence-electron chi connectivity index (χ1n) is 10.6. The van der Waals surface area contributed by atoms with Crippen LogP contribution in [0.3, 0.4) is 0 Å². The van der Waals surface area contributed by atoms with Crippen molar-refractivity contribution in [3.63, 3.8) is 0 Å². The number of imidazole rings is 1. The molecule has 1 aromatic heterocycles. The molecule has 182 valence electrons. The molecule has 0 aliphatic carbocycles. The third-order valence-corrected chi connectivity index (χ3v) is 7.96. The van der Waals surface area contributed by atoms with Gasteiger partial charge in [0.15, 0.2) is 0 Å². The van der Waals surface area contributed by atoms with Crippen LogP contribution in [0.4, 0.5) is 13.2 Å². The van der Waals surface area contributed by atoms with Gasteiger partial charge in [-0.15, -0.1) is 0 Å². The highest BCUT2D eigenvalue weighted by molar-refractivity contribution is 7.89. The van der Waals surface area contributed by atoms with Gasteiger partial charge in [-0.3, -0.25) is 13.9 Å². The monoisotopic (exact) mass is 496 g/mol. The fraction of sp³-hybridized carbons (Fsp3) is 0.364. The van der Waals surface area contributed by atoms with Crippen LogP contribution in [0.2, 0.25) is 0 Å². The van der Waals surface area contributed by atoms with Gasteiger partial charge in [0.05, 0.1) is 21.5 Å². The van der Waals surface area contributed by atoms with E-state index in [1.54, 1.807) is 19.2 Å². The number of aryl methyl sites for hydroxylation is 2. The predicted molar refractivity (Wildman–Crippen MR) is 119 cm³/mol. The van der Waals surface area contributed by atoms with Gasteiger partial charge < -0.3 is 4.90 Å². The molecule has 0 saturated carbocycles. The van der Waals surface area contributed by atoms with Crippen LogP contribution in [0, 0.1) is 0 Å². The Morgan fingerprint density at radius 2 is 1.53 bits per heavy atom. The molecule has 4 rings (SSSR count). The van der Waals surface area contributed by atoms with E-state index in [1.165, 1.54) is 20.1 Å². The number of hydrogen-bond acceptors (Lipinski definition) is 4. The largest absolute Gasteiger partial charge is 0.417 e. The van der Waals surface area contributed by atoms with Crippen LogP contribution in [0.15, 0.2) is 58.2 Å². The molecular weight excluding hydrogens is 473 g/mol. The zero-order chi connectivity index (χ0) is 24.7. The number of benzene rings is 2. The topological polar surface area (TPSA) is 84.6 Å². The number of nitrogens with zero attached hydrogens (tertiary/aromatic N) is 4. The summed E-state index contributed by atoms with van der Waals surface area (Å²) < 4.78 is 69.7. The van der Waals surface area contributed by atoms with Crippen LogP contribution >= 0.6 is 0 Å². The Labute approximate surface area is 193 Å². The lowest BCUT2D eigenvalue weighted by atomic mass is 10.2. The first-order valence-corrected chi connectivity index (χ1v) is 12.0. The summed E-state index contributed by atoms with van der Waals surface area (Å²) in [4.78, 5) is 25.9. The Morgan fingerprint density at radius 1 is 0.941 bits per heavy atom. The van der Waals surface area contributed by atoms with Crippen molar-refractivity contribution in [3.8, 4) is 0 Å². The number of sulfonamides is 1. The molecule has 0 radical (unpaired) electrons. The normalized spacial score (nSPS) is 15.7. The molecule has 1 aliphatic heterocycles. The summed E-state index contributed by atoms with van der Waals surface area (Å²) in [6.07, 6.45) is -4.77. The lowest BCUT2D eigenvalue weighted by molar-refractivity contribution is -0.139. The van der Waals surface area contributed by atoms with E-state index in [0.29, 0.717) is 5.52 Å². The molecule has 1 amide bonds. The number of aromatic nitrogens is 2. The summed E-state index contributed by atoms with van der Waals surface area (Å²) in [5.41, 5.74) is 0.00206. The summed E-state index contributed by atoms with van der Waals surface area (Å²) in [5, 5.41) is 0. The molecule has 8 nitrogen and oxygen atoms in total. The molecule has 0 unspecified atom stereocenters. The standard InChI is InChI=1S/C22H23F3N4O4S/c1-26-17-7-3-4-8-18(17)29(21(26)31)11-10-20(30)27-12-14-28(15-13-27)34(32,33)19-9-5-2-6-16(19)22(23,24)25/h2-9H,10-15H2,1H3. The summed E-state index contributed by atoms with van der Waals surface area (Å²) in [6, 6.07) is 11.3. The maximum atomic E-state index is 13.3. The van der Waals surface area contributed by atoms with Crippen molar-refractivity contribution in [1.29, 1.82) is 0 Å². The van der Waals surface area contributed by atoms with Crippen LogP contribution in [0.1, 0.15) is 12.0 Å². The third-order valence-electron chi connectivity index (χ3n) is 6.00. The van der Waals surface area contributed by atoms with Gasteiger partial charge in [-0.1, -0.05) is 24.3 Å². The Morgan fingerprint density at radius 3 is 2.18 bits per heavy atom. The van der Waals surface area contributed by atoms with Crippen LogP contribution in [0.25, 0.3) is 11.0 Å². The average Bonchev–Trinajstić information content (AvgIpc) is 3.06. The zero-order valence-corrected chi connectivity index (χ0v) is 19.1. The molecule has 34 heavy (non-hydrogen) atoms. The van der Waals surface area contributed by atoms with Crippen LogP contribution in [-0.4, -0.2) is 58.8 Å². The number of halogens is 3. The van der Waals surface area contributed by atoms with Crippen molar-refractivity contribution in [3.05, 3.63) is 64.6 Å². The van der Waals surface area contributed by atoms with E-state index in [2.05, 4.69) is 0 Å². The molecule has 0 N–H and O–H groups in total. The highest BCUT2D eigenvalue weighted by Gasteiger charge is 2.39. The number of alkyl halides is 3. The maximum absolute atomic E-state index is 13.3. The van der Waals surface area contributed by atoms with Crippen molar-refractivity contribution in [2.45, 2.75) is 24.0 Å². The summed E-state index contributed by atoms with van der Waals surface area (Å²) in [7, 11) is -2.73. The number of para-hydroxylation sites is 2. The van der Waals surface area contributed by atoms with E-state index in [0.717, 1.165) is 28.0 Å². The van der Waals surface area contributed by atoms with Gasteiger partial charge in [-0.2, -0.15) is 17.5 Å². The molecule has 1 saturated heterocycles. The lowest BCUT2D eigenvalue weighted by Gasteiger charge is -2.34. The number of rotatable bonds is 5. The molecule has 1 aliphatic rings. The second kappa shape index (κ2) is 8.91. The van der Waals surface area contributed by atoms with Gasteiger partial charge in [-0.05, 0) is 24.3 Å². The SMILES string of the molecule is Cn1c(=O)n(CCC(=O)N2CCN(S(=O)(=O)c3ccccc3C(F)(F)F)CC2)c2ccccc21. The fourth-order valence-electron chi connectivity index (χ4n) is 4.19. The van der Waals surface area contributed by atoms with E-state index >= 15 is 0 Å². The molecule has 0 bridgehead atoms. The van der Waals surface area contributed by atoms with E-state index in [9.17, 15) is 31.2 Å². The minimum absolute atomic E-state index is 0.0393. The van der Waals surface area contributed by atoms with E-state index in [4.69, 9.17) is 0 Å². The van der Waals surface area contributed by atoms with Crippen LogP contribution in [0.5, 0.6) is 0 Å². The van der Waals surface area contributed by atoms with Gasteiger partial charge in [-0.25, -0.2) is 13.2 Å². The van der Waals surface area contributed by atoms with Gasteiger partial charge in [0, 0.05) is 46.2 Å². The van der Waals surface area contributed by atoms with Crippen LogP contribution in [-0.2, 0) is 34.6 Å². The highest BCUT2D eigenvalue weighted by Crippen LogP contribution is 2.35. The highest BCUT2D eigenvalue weighted by atomic mass is 32.2. The minimum Gasteiger partial charge on any atom is -0.340 e. The molecule has 0 atom stereocenters. The van der Waals surface area contributed by atoms with Crippen molar-refractivity contribution in [2.24, 2.45) is 7.05 Å². The van der Waals surface area contributed by atoms with Crippen molar-refractivity contribution >= 4 is 27.0 Å². The number of fused-ring (bicyclic) bond motifs is 1. The van der Waals surface area contributed by atoms with Crippen molar-refractivity contribution < 1.29 is 26.4 Å². The maximum Gasteiger partial charge on any atom is 0.417 e. The van der Waals surface area contributed by atoms with Gasteiger partial charge in [0.25, 0.3) is 0 Å². The van der Waals surface area contributed by atoms with Crippen molar-refractivity contribution in [1.82, 2.24) is 18.3 Å². The smallest absolute Gasteiger partial charge is 0.340 e. The van der Waals surface area contributed by atoms with E-state index < -0.39 is 26.7 Å². The number of carbonyl (C=O) groups is 1. The Hall–Kier alpha value is -3.12. The zero-order valence-electron chi connectivity index (χ0n) is 18.3. The van der Waals surface area contributed by atoms with Crippen molar-refractivity contribution in [2.75, 3.05) is 26.2 Å². The summed E-state index contributed by atoms with van der Waals surface area (Å²) in [5.74, 6) is -0.257. The summed E-state index contributed by atoms with van der Waals surface area (Å²) >= 11 is 0. The third kappa shape index (κ3) is 4.34. The van der Waals surface area contributed by atoms with Crippen LogP contribution < -0.4 is 5.69 Å². The number of carbonyl (C=O) groups excluding carboxylic acids is 1. The van der Waals surface area contributed by atoms with E-state index in [1.807, 2.05) is 12.1 Å². The van der Waals surface area contributed by atoms with E-state index in [-0.39, 0.29) is 50.7 Å². The molecule has 2 heterocycles. The second-order valence-corrected chi connectivity index (χ2v) is 9.92. The molecule has 1 fully saturated rings. The summed E-state index contributed by atoms with van der Waals surface area (Å²) in [6.45, 7) is 0.0345. The molecule has 2 aromatic carbocycles. The van der Waals surface area contributed by atoms with Gasteiger partial charge in [0.2, 0.25) is 15.9 Å². The fourth-order valence-corrected chi connectivity index (χ4v) is 5.82. The first kappa shape index (κ1) is 24.0. The van der Waals surface area contributed by atoms with Gasteiger partial charge >= 0.3 is 11.9 Å². The molecular formula is C22H23F3N4O4S. The predicted octanol–water partition coefficient (Wildman–Crippen LogP) is 2.28. The molecule has 0 spiro atoms. The lowest BCUT2D eigenvalue weighted by Crippen LogP contribution is -2.50. The minimum atomic E-state index is -4.80. The van der Waals surface area contributed by atoms with Gasteiger partial charge in [0.1, 0.15) is 0 Å². The second-order valence-electron chi connectivity index (χ2n) is 8.01. The first-order chi connectivity index (χ1) is 16.0. The molecule has 3 aromatic rings. The number of piperazine rings is 1. The molecule has 12 heteroatoms. The Kier molecular flexibility index (Phi) is 6.30. The average molecular weight is 497 g/mol. The Balaban J connectivity index is 1.42. The quantitative estimate of drug-likeness (QED) is 0.543. The Bertz CT molecular complexity index is 1390. The number of amides is 1. The number of hydrogen-bond donors (Lipinski definition) is 0.